The van der Waals surface area contributed by atoms with Gasteiger partial charge in [-0.2, -0.15) is 0 Å². The molecule has 0 aromatic rings. The van der Waals surface area contributed by atoms with E-state index in [-0.39, 0.29) is 23.8 Å². The van der Waals surface area contributed by atoms with Crippen molar-refractivity contribution in [1.29, 1.82) is 0 Å². The summed E-state index contributed by atoms with van der Waals surface area (Å²) < 4.78 is 0. The van der Waals surface area contributed by atoms with Crippen molar-refractivity contribution in [2.75, 3.05) is 26.2 Å². The van der Waals surface area contributed by atoms with Gasteiger partial charge in [0.1, 0.15) is 12.1 Å². The van der Waals surface area contributed by atoms with Gasteiger partial charge in [-0.25, -0.2) is 4.79 Å². The van der Waals surface area contributed by atoms with E-state index >= 15 is 0 Å². The average Bonchev–Trinajstić information content (AvgIpc) is 2.78. The first kappa shape index (κ1) is 17.7. The molecule has 3 N–H and O–H groups in total. The highest BCUT2D eigenvalue weighted by Crippen LogP contribution is 2.27. The van der Waals surface area contributed by atoms with Crippen LogP contribution in [0.15, 0.2) is 0 Å². The second-order valence-corrected chi connectivity index (χ2v) is 6.95. The molecule has 0 spiro atoms. The normalized spacial score (nSPS) is 22.8. The van der Waals surface area contributed by atoms with Crippen LogP contribution in [0.25, 0.3) is 0 Å². The lowest BCUT2D eigenvalue weighted by atomic mass is 9.81. The summed E-state index contributed by atoms with van der Waals surface area (Å²) in [4.78, 5) is 37.7. The maximum atomic E-state index is 12.5. The van der Waals surface area contributed by atoms with Crippen molar-refractivity contribution in [3.8, 4) is 0 Å². The summed E-state index contributed by atoms with van der Waals surface area (Å²) in [5.74, 6) is -0.577. The summed E-state index contributed by atoms with van der Waals surface area (Å²) >= 11 is 0. The number of piperidine rings is 1. The molecule has 2 rings (SSSR count). The van der Waals surface area contributed by atoms with Crippen LogP contribution in [-0.4, -0.2) is 54.5 Å². The van der Waals surface area contributed by atoms with Gasteiger partial charge in [0.2, 0.25) is 5.91 Å². The van der Waals surface area contributed by atoms with Crippen LogP contribution in [0.5, 0.6) is 0 Å². The first-order valence-electron chi connectivity index (χ1n) is 8.47. The topological polar surface area (TPSA) is 90.5 Å². The molecule has 0 aromatic heterocycles. The third-order valence-corrected chi connectivity index (χ3v) is 5.28. The maximum absolute atomic E-state index is 12.5. The van der Waals surface area contributed by atoms with E-state index in [9.17, 15) is 14.4 Å². The third-order valence-electron chi connectivity index (χ3n) is 5.28. The largest absolute Gasteiger partial charge is 0.354 e. The van der Waals surface area contributed by atoms with Gasteiger partial charge in [0, 0.05) is 6.54 Å². The molecular weight excluding hydrogens is 296 g/mol. The van der Waals surface area contributed by atoms with E-state index in [1.54, 1.807) is 0 Å². The zero-order valence-electron chi connectivity index (χ0n) is 14.3. The van der Waals surface area contributed by atoms with Crippen LogP contribution in [-0.2, 0) is 9.59 Å². The van der Waals surface area contributed by atoms with Crippen molar-refractivity contribution < 1.29 is 14.4 Å². The Morgan fingerprint density at radius 2 is 1.83 bits per heavy atom. The molecule has 0 radical (unpaired) electrons. The van der Waals surface area contributed by atoms with Crippen LogP contribution < -0.4 is 16.0 Å². The van der Waals surface area contributed by atoms with Gasteiger partial charge in [-0.15, -0.1) is 0 Å². The first-order chi connectivity index (χ1) is 10.9. The highest BCUT2D eigenvalue weighted by Gasteiger charge is 2.49. The van der Waals surface area contributed by atoms with Crippen molar-refractivity contribution in [2.24, 2.45) is 5.41 Å². The Kier molecular flexibility index (Phi) is 5.29. The SMILES string of the molecule is CCC1(CC)NC(=O)N(CC(=O)NCC2(C)CCNCC2)C1=O. The number of nitrogens with zero attached hydrogens (tertiary/aromatic N) is 1. The number of amides is 4. The Morgan fingerprint density at radius 1 is 1.22 bits per heavy atom. The van der Waals surface area contributed by atoms with Gasteiger partial charge in [-0.05, 0) is 44.2 Å². The second-order valence-electron chi connectivity index (χ2n) is 6.95. The molecule has 0 aliphatic carbocycles. The van der Waals surface area contributed by atoms with Gasteiger partial charge in [-0.1, -0.05) is 20.8 Å². The van der Waals surface area contributed by atoms with Crippen molar-refractivity contribution in [3.63, 3.8) is 0 Å². The predicted molar refractivity (Wildman–Crippen MR) is 86.8 cm³/mol. The Balaban J connectivity index is 1.90. The van der Waals surface area contributed by atoms with Gasteiger partial charge in [0.15, 0.2) is 0 Å². The summed E-state index contributed by atoms with van der Waals surface area (Å²) in [6.07, 6.45) is 3.06. The van der Waals surface area contributed by atoms with Crippen LogP contribution in [0.2, 0.25) is 0 Å². The number of hydrogen-bond acceptors (Lipinski definition) is 4. The lowest BCUT2D eigenvalue weighted by Crippen LogP contribution is -2.48. The quantitative estimate of drug-likeness (QED) is 0.624. The number of rotatable bonds is 6. The van der Waals surface area contributed by atoms with Crippen LogP contribution in [0.3, 0.4) is 0 Å². The van der Waals surface area contributed by atoms with Crippen LogP contribution >= 0.6 is 0 Å². The fourth-order valence-electron chi connectivity index (χ4n) is 3.27. The molecule has 7 heteroatoms. The molecule has 2 aliphatic rings. The summed E-state index contributed by atoms with van der Waals surface area (Å²) in [5, 5.41) is 8.92. The van der Waals surface area contributed by atoms with E-state index in [1.165, 1.54) is 0 Å². The molecule has 0 saturated carbocycles. The molecule has 23 heavy (non-hydrogen) atoms. The monoisotopic (exact) mass is 324 g/mol. The summed E-state index contributed by atoms with van der Waals surface area (Å²) in [6, 6.07) is -0.470. The third kappa shape index (κ3) is 3.65. The van der Waals surface area contributed by atoms with Gasteiger partial charge in [-0.3, -0.25) is 14.5 Å². The van der Waals surface area contributed by atoms with E-state index in [0.717, 1.165) is 30.8 Å². The molecular formula is C16H28N4O3. The molecule has 2 heterocycles. The molecule has 130 valence electrons. The Bertz CT molecular complexity index is 482. The van der Waals surface area contributed by atoms with Crippen molar-refractivity contribution in [1.82, 2.24) is 20.9 Å². The lowest BCUT2D eigenvalue weighted by Gasteiger charge is -2.34. The summed E-state index contributed by atoms with van der Waals surface area (Å²) in [5.41, 5.74) is -0.771. The molecule has 4 amide bonds. The van der Waals surface area contributed by atoms with Crippen molar-refractivity contribution in [3.05, 3.63) is 0 Å². The van der Waals surface area contributed by atoms with Crippen LogP contribution in [0.1, 0.15) is 46.5 Å². The first-order valence-corrected chi connectivity index (χ1v) is 8.47. The van der Waals surface area contributed by atoms with Crippen molar-refractivity contribution >= 4 is 17.8 Å². The minimum atomic E-state index is -0.849. The molecule has 7 nitrogen and oxygen atoms in total. The Hall–Kier alpha value is -1.63. The van der Waals surface area contributed by atoms with Gasteiger partial charge >= 0.3 is 6.03 Å². The molecule has 0 aromatic carbocycles. The van der Waals surface area contributed by atoms with Gasteiger partial charge in [0.05, 0.1) is 0 Å². The van der Waals surface area contributed by atoms with E-state index in [1.807, 2.05) is 13.8 Å². The van der Waals surface area contributed by atoms with E-state index < -0.39 is 11.6 Å². The Labute approximate surface area is 137 Å². The zero-order chi connectivity index (χ0) is 17.1. The van der Waals surface area contributed by atoms with E-state index in [2.05, 4.69) is 22.9 Å². The van der Waals surface area contributed by atoms with E-state index in [0.29, 0.717) is 19.4 Å². The fourth-order valence-corrected chi connectivity index (χ4v) is 3.27. The minimum Gasteiger partial charge on any atom is -0.354 e. The molecule has 0 unspecified atom stereocenters. The highest BCUT2D eigenvalue weighted by atomic mass is 16.2. The summed E-state index contributed by atoms with van der Waals surface area (Å²) in [7, 11) is 0. The van der Waals surface area contributed by atoms with Crippen LogP contribution in [0.4, 0.5) is 4.79 Å². The minimum absolute atomic E-state index is 0.0782. The highest BCUT2D eigenvalue weighted by molar-refractivity contribution is 6.08. The molecule has 2 aliphatic heterocycles. The maximum Gasteiger partial charge on any atom is 0.325 e. The number of hydrogen-bond donors (Lipinski definition) is 3. The molecule has 2 fully saturated rings. The smallest absolute Gasteiger partial charge is 0.325 e. The number of imide groups is 1. The average molecular weight is 324 g/mol. The molecule has 0 atom stereocenters. The number of carbonyl (C=O) groups excluding carboxylic acids is 3. The van der Waals surface area contributed by atoms with Crippen molar-refractivity contribution in [2.45, 2.75) is 52.0 Å². The number of carbonyl (C=O) groups is 3. The van der Waals surface area contributed by atoms with Gasteiger partial charge < -0.3 is 16.0 Å². The number of urea groups is 1. The number of nitrogens with one attached hydrogen (secondary N) is 3. The molecule has 0 bridgehead atoms. The predicted octanol–water partition coefficient (Wildman–Crippen LogP) is 0.603. The van der Waals surface area contributed by atoms with E-state index in [4.69, 9.17) is 0 Å². The van der Waals surface area contributed by atoms with Crippen LogP contribution in [0, 0.1) is 5.41 Å². The molecule has 2 saturated heterocycles. The standard InChI is InChI=1S/C16H28N4O3/c1-4-16(5-2)13(22)20(14(23)19-16)10-12(21)18-11-15(3)6-8-17-9-7-15/h17H,4-11H2,1-3H3,(H,18,21)(H,19,23). The fraction of sp³-hybridized carbons (Fsp3) is 0.812. The van der Waals surface area contributed by atoms with Gasteiger partial charge in [0.25, 0.3) is 5.91 Å². The lowest BCUT2D eigenvalue weighted by molar-refractivity contribution is -0.135. The Morgan fingerprint density at radius 3 is 2.35 bits per heavy atom. The zero-order valence-corrected chi connectivity index (χ0v) is 14.3. The second kappa shape index (κ2) is 6.86. The summed E-state index contributed by atoms with van der Waals surface area (Å²) in [6.45, 7) is 8.15.